The van der Waals surface area contributed by atoms with E-state index < -0.39 is 9.84 Å². The van der Waals surface area contributed by atoms with Crippen LogP contribution in [0.2, 0.25) is 0 Å². The fraction of sp³-hybridized carbons (Fsp3) is 0.360. The molecule has 1 aliphatic rings. The van der Waals surface area contributed by atoms with Crippen molar-refractivity contribution in [1.29, 1.82) is 0 Å². The molecule has 1 saturated heterocycles. The van der Waals surface area contributed by atoms with Gasteiger partial charge in [0.1, 0.15) is 5.82 Å². The Hall–Kier alpha value is -3.17. The molecule has 0 unspecified atom stereocenters. The topological polar surface area (TPSA) is 90.5 Å². The number of piperazine rings is 1. The van der Waals surface area contributed by atoms with E-state index in [1.165, 1.54) is 5.69 Å². The molecule has 0 aliphatic carbocycles. The molecule has 1 fully saturated rings. The summed E-state index contributed by atoms with van der Waals surface area (Å²) in [4.78, 5) is 14.1. The van der Waals surface area contributed by atoms with Crippen molar-refractivity contribution in [2.75, 3.05) is 54.5 Å². The summed E-state index contributed by atoms with van der Waals surface area (Å²) in [5, 5.41) is 6.50. The summed E-state index contributed by atoms with van der Waals surface area (Å²) >= 11 is 0. The Balaban J connectivity index is 1.47. The van der Waals surface area contributed by atoms with Gasteiger partial charge in [-0.25, -0.2) is 13.4 Å². The van der Waals surface area contributed by atoms with Gasteiger partial charge in [-0.05, 0) is 62.9 Å². The van der Waals surface area contributed by atoms with Crippen LogP contribution >= 0.6 is 0 Å². The summed E-state index contributed by atoms with van der Waals surface area (Å²) in [5.74, 6) is 1.22. The van der Waals surface area contributed by atoms with E-state index in [9.17, 15) is 8.42 Å². The number of aryl methyl sites for hydroxylation is 1. The number of rotatable bonds is 8. The SMILES string of the molecule is CCCS(=O)(=O)c1cccc(Nc2nc(Nc3ccc(N4CCN(C)CC4)cc3)ncc2C)c1. The summed E-state index contributed by atoms with van der Waals surface area (Å²) in [7, 11) is -1.14. The minimum atomic E-state index is -3.29. The third kappa shape index (κ3) is 5.84. The highest BCUT2D eigenvalue weighted by Crippen LogP contribution is 2.25. The maximum absolute atomic E-state index is 12.4. The number of hydrogen-bond donors (Lipinski definition) is 2. The molecule has 1 aliphatic heterocycles. The zero-order valence-corrected chi connectivity index (χ0v) is 20.8. The average molecular weight is 481 g/mol. The number of anilines is 5. The van der Waals surface area contributed by atoms with E-state index in [0.29, 0.717) is 28.8 Å². The van der Waals surface area contributed by atoms with Crippen LogP contribution in [0, 0.1) is 6.92 Å². The quantitative estimate of drug-likeness (QED) is 0.496. The molecule has 4 rings (SSSR count). The molecule has 0 radical (unpaired) electrons. The molecule has 0 amide bonds. The highest BCUT2D eigenvalue weighted by Gasteiger charge is 2.15. The Bertz CT molecular complexity index is 1220. The van der Waals surface area contributed by atoms with E-state index in [1.54, 1.807) is 24.4 Å². The van der Waals surface area contributed by atoms with Crippen molar-refractivity contribution in [2.24, 2.45) is 0 Å². The number of aromatic nitrogens is 2. The molecular formula is C25H32N6O2S. The van der Waals surface area contributed by atoms with Crippen LogP contribution in [-0.2, 0) is 9.84 Å². The molecule has 8 nitrogen and oxygen atoms in total. The van der Waals surface area contributed by atoms with Crippen molar-refractivity contribution in [1.82, 2.24) is 14.9 Å². The number of benzene rings is 2. The van der Waals surface area contributed by atoms with E-state index in [2.05, 4.69) is 49.6 Å². The van der Waals surface area contributed by atoms with Crippen LogP contribution in [0.1, 0.15) is 18.9 Å². The molecule has 0 bridgehead atoms. The van der Waals surface area contributed by atoms with Crippen molar-refractivity contribution in [3.05, 3.63) is 60.3 Å². The van der Waals surface area contributed by atoms with E-state index >= 15 is 0 Å². The summed E-state index contributed by atoms with van der Waals surface area (Å²) in [6, 6.07) is 15.1. The second kappa shape index (κ2) is 10.4. The standard InChI is InChI=1S/C25H32N6O2S/c1-4-16-34(32,33)23-7-5-6-21(17-23)27-24-19(2)18-26-25(29-24)28-20-8-10-22(11-9-20)31-14-12-30(3)13-15-31/h5-11,17-18H,4,12-16H2,1-3H3,(H2,26,27,28,29). The van der Waals surface area contributed by atoms with E-state index in [1.807, 2.05) is 32.0 Å². The van der Waals surface area contributed by atoms with Gasteiger partial charge in [0.15, 0.2) is 9.84 Å². The van der Waals surface area contributed by atoms with Gasteiger partial charge in [0.25, 0.3) is 0 Å². The Kier molecular flexibility index (Phi) is 7.33. The molecule has 0 saturated carbocycles. The summed E-state index contributed by atoms with van der Waals surface area (Å²) in [6.07, 6.45) is 2.32. The van der Waals surface area contributed by atoms with E-state index in [4.69, 9.17) is 0 Å². The van der Waals surface area contributed by atoms with Crippen molar-refractivity contribution in [3.63, 3.8) is 0 Å². The molecular weight excluding hydrogens is 448 g/mol. The second-order valence-electron chi connectivity index (χ2n) is 8.66. The normalized spacial score (nSPS) is 14.7. The van der Waals surface area contributed by atoms with Gasteiger partial charge < -0.3 is 20.4 Å². The van der Waals surface area contributed by atoms with Gasteiger partial charge in [-0.1, -0.05) is 13.0 Å². The van der Waals surface area contributed by atoms with Gasteiger partial charge in [0.05, 0.1) is 10.6 Å². The van der Waals surface area contributed by atoms with Crippen molar-refractivity contribution >= 4 is 38.7 Å². The van der Waals surface area contributed by atoms with Crippen molar-refractivity contribution in [2.45, 2.75) is 25.2 Å². The monoisotopic (exact) mass is 480 g/mol. The van der Waals surface area contributed by atoms with Gasteiger partial charge in [-0.15, -0.1) is 0 Å². The lowest BCUT2D eigenvalue weighted by atomic mass is 10.2. The van der Waals surface area contributed by atoms with Crippen LogP contribution in [0.4, 0.5) is 28.8 Å². The van der Waals surface area contributed by atoms with E-state index in [0.717, 1.165) is 37.4 Å². The van der Waals surface area contributed by atoms with Crippen LogP contribution in [0.3, 0.4) is 0 Å². The van der Waals surface area contributed by atoms with Gasteiger partial charge in [0, 0.05) is 55.0 Å². The van der Waals surface area contributed by atoms with Gasteiger partial charge in [0.2, 0.25) is 5.95 Å². The molecule has 0 atom stereocenters. The van der Waals surface area contributed by atoms with Crippen molar-refractivity contribution in [3.8, 4) is 0 Å². The molecule has 1 aromatic heterocycles. The largest absolute Gasteiger partial charge is 0.369 e. The van der Waals surface area contributed by atoms with Gasteiger partial charge in [-0.3, -0.25) is 0 Å². The highest BCUT2D eigenvalue weighted by molar-refractivity contribution is 7.91. The molecule has 2 heterocycles. The highest BCUT2D eigenvalue weighted by atomic mass is 32.2. The van der Waals surface area contributed by atoms with Crippen LogP contribution in [0.25, 0.3) is 0 Å². The lowest BCUT2D eigenvalue weighted by Crippen LogP contribution is -2.44. The zero-order chi connectivity index (χ0) is 24.1. The smallest absolute Gasteiger partial charge is 0.229 e. The Labute approximate surface area is 202 Å². The van der Waals surface area contributed by atoms with Crippen LogP contribution in [0.5, 0.6) is 0 Å². The predicted molar refractivity (Wildman–Crippen MR) is 138 cm³/mol. The number of nitrogens with zero attached hydrogens (tertiary/aromatic N) is 4. The number of sulfone groups is 1. The average Bonchev–Trinajstić information content (AvgIpc) is 2.82. The lowest BCUT2D eigenvalue weighted by Gasteiger charge is -2.34. The fourth-order valence-corrected chi connectivity index (χ4v) is 5.23. The van der Waals surface area contributed by atoms with Crippen LogP contribution in [0.15, 0.2) is 59.6 Å². The molecule has 9 heteroatoms. The van der Waals surface area contributed by atoms with Gasteiger partial charge in [-0.2, -0.15) is 4.98 Å². The van der Waals surface area contributed by atoms with Crippen LogP contribution < -0.4 is 15.5 Å². The minimum absolute atomic E-state index is 0.130. The lowest BCUT2D eigenvalue weighted by molar-refractivity contribution is 0.313. The first kappa shape index (κ1) is 24.0. The molecule has 2 aromatic carbocycles. The van der Waals surface area contributed by atoms with E-state index in [-0.39, 0.29) is 5.75 Å². The molecule has 3 aromatic rings. The number of likely N-dealkylation sites (N-methyl/N-ethyl adjacent to an activating group) is 1. The third-order valence-electron chi connectivity index (χ3n) is 5.89. The zero-order valence-electron chi connectivity index (χ0n) is 20.0. The Morgan fingerprint density at radius 1 is 0.971 bits per heavy atom. The van der Waals surface area contributed by atoms with Gasteiger partial charge >= 0.3 is 0 Å². The van der Waals surface area contributed by atoms with Crippen LogP contribution in [-0.4, -0.2) is 62.3 Å². The molecule has 0 spiro atoms. The summed E-state index contributed by atoms with van der Waals surface area (Å²) < 4.78 is 24.9. The fourth-order valence-electron chi connectivity index (χ4n) is 3.87. The Morgan fingerprint density at radius 3 is 2.41 bits per heavy atom. The molecule has 2 N–H and O–H groups in total. The third-order valence-corrected chi connectivity index (χ3v) is 7.81. The molecule has 34 heavy (non-hydrogen) atoms. The second-order valence-corrected chi connectivity index (χ2v) is 10.8. The first-order chi connectivity index (χ1) is 16.3. The number of hydrogen-bond acceptors (Lipinski definition) is 8. The van der Waals surface area contributed by atoms with Crippen molar-refractivity contribution < 1.29 is 8.42 Å². The summed E-state index contributed by atoms with van der Waals surface area (Å²) in [6.45, 7) is 7.97. The summed E-state index contributed by atoms with van der Waals surface area (Å²) in [5.41, 5.74) is 3.64. The first-order valence-electron chi connectivity index (χ1n) is 11.6. The Morgan fingerprint density at radius 2 is 1.71 bits per heavy atom. The maximum atomic E-state index is 12.4. The molecule has 180 valence electrons. The number of nitrogens with one attached hydrogen (secondary N) is 2. The first-order valence-corrected chi connectivity index (χ1v) is 13.2. The predicted octanol–water partition coefficient (Wildman–Crippen LogP) is 4.21. The minimum Gasteiger partial charge on any atom is -0.369 e. The maximum Gasteiger partial charge on any atom is 0.229 e.